The molecule has 0 bridgehead atoms. The lowest BCUT2D eigenvalue weighted by atomic mass is 10.2. The Labute approximate surface area is 110 Å². The van der Waals surface area contributed by atoms with Crippen LogP contribution in [0.5, 0.6) is 5.75 Å². The average Bonchev–Trinajstić information content (AvgIpc) is 2.47. The van der Waals surface area contributed by atoms with Gasteiger partial charge in [-0.3, -0.25) is 4.99 Å². The number of fused-ring (bicyclic) bond motifs is 1. The van der Waals surface area contributed by atoms with Crippen molar-refractivity contribution in [2.45, 2.75) is 0 Å². The first-order valence-corrected chi connectivity index (χ1v) is 6.01. The Hall–Kier alpha value is -2.68. The first-order valence-electron chi connectivity index (χ1n) is 6.01. The number of para-hydroxylation sites is 2. The number of aromatic hydroxyl groups is 1. The summed E-state index contributed by atoms with van der Waals surface area (Å²) in [4.78, 5) is 8.73. The molecule has 0 spiro atoms. The quantitative estimate of drug-likeness (QED) is 0.703. The molecule has 0 atom stereocenters. The van der Waals surface area contributed by atoms with E-state index in [4.69, 9.17) is 0 Å². The molecule has 0 fully saturated rings. The van der Waals surface area contributed by atoms with Gasteiger partial charge in [-0.15, -0.1) is 0 Å². The molecule has 3 nitrogen and oxygen atoms in total. The summed E-state index contributed by atoms with van der Waals surface area (Å²) in [5.74, 6) is 0.187. The van der Waals surface area contributed by atoms with Crippen LogP contribution in [0.15, 0.2) is 65.7 Å². The Bertz CT molecular complexity index is 736. The topological polar surface area (TPSA) is 45.5 Å². The molecule has 0 saturated heterocycles. The molecule has 3 aromatic rings. The van der Waals surface area contributed by atoms with Crippen LogP contribution in [0.2, 0.25) is 0 Å². The van der Waals surface area contributed by atoms with E-state index in [0.29, 0.717) is 5.52 Å². The van der Waals surface area contributed by atoms with Gasteiger partial charge in [0.1, 0.15) is 11.3 Å². The highest BCUT2D eigenvalue weighted by Gasteiger charge is 2.01. The summed E-state index contributed by atoms with van der Waals surface area (Å²) in [6.45, 7) is 0. The third-order valence-electron chi connectivity index (χ3n) is 2.82. The molecule has 0 aliphatic carbocycles. The first-order chi connectivity index (χ1) is 9.33. The Morgan fingerprint density at radius 2 is 1.74 bits per heavy atom. The van der Waals surface area contributed by atoms with Gasteiger partial charge in [-0.05, 0) is 24.3 Å². The summed E-state index contributed by atoms with van der Waals surface area (Å²) in [6, 6.07) is 18.8. The lowest BCUT2D eigenvalue weighted by Crippen LogP contribution is -1.88. The molecule has 92 valence electrons. The van der Waals surface area contributed by atoms with E-state index in [0.717, 1.165) is 16.8 Å². The zero-order valence-electron chi connectivity index (χ0n) is 10.2. The second kappa shape index (κ2) is 4.90. The summed E-state index contributed by atoms with van der Waals surface area (Å²) in [7, 11) is 0. The molecule has 0 amide bonds. The molecular formula is C16H12N2O. The van der Waals surface area contributed by atoms with E-state index < -0.39 is 0 Å². The summed E-state index contributed by atoms with van der Waals surface area (Å²) in [6.07, 6.45) is 1.70. The van der Waals surface area contributed by atoms with Crippen LogP contribution in [-0.2, 0) is 0 Å². The van der Waals surface area contributed by atoms with Crippen LogP contribution in [0.1, 0.15) is 5.69 Å². The number of aromatic nitrogens is 1. The SMILES string of the molecule is Oc1cccc2ccc(/C=N/c3ccccc3)nc12. The van der Waals surface area contributed by atoms with E-state index in [1.165, 1.54) is 0 Å². The number of phenolic OH excluding ortho intramolecular Hbond substituents is 1. The lowest BCUT2D eigenvalue weighted by molar-refractivity contribution is 0.480. The fourth-order valence-electron chi connectivity index (χ4n) is 1.87. The molecule has 0 aliphatic heterocycles. The molecule has 0 saturated carbocycles. The maximum Gasteiger partial charge on any atom is 0.141 e. The van der Waals surface area contributed by atoms with Crippen molar-refractivity contribution < 1.29 is 5.11 Å². The van der Waals surface area contributed by atoms with Crippen LogP contribution in [0, 0.1) is 0 Å². The molecule has 1 aromatic heterocycles. The van der Waals surface area contributed by atoms with Gasteiger partial charge in [0.2, 0.25) is 0 Å². The molecule has 0 unspecified atom stereocenters. The molecule has 3 rings (SSSR count). The number of nitrogens with zero attached hydrogens (tertiary/aromatic N) is 2. The van der Waals surface area contributed by atoms with Crippen molar-refractivity contribution >= 4 is 22.8 Å². The molecule has 0 radical (unpaired) electrons. The fraction of sp³-hybridized carbons (Fsp3) is 0. The van der Waals surface area contributed by atoms with E-state index in [1.54, 1.807) is 18.3 Å². The maximum absolute atomic E-state index is 9.77. The number of benzene rings is 2. The largest absolute Gasteiger partial charge is 0.506 e. The van der Waals surface area contributed by atoms with Gasteiger partial charge in [0.05, 0.1) is 17.6 Å². The number of aliphatic imine (C=N–C) groups is 1. The minimum absolute atomic E-state index is 0.187. The van der Waals surface area contributed by atoms with E-state index in [9.17, 15) is 5.11 Å². The molecule has 0 aliphatic rings. The summed E-state index contributed by atoms with van der Waals surface area (Å²) < 4.78 is 0. The van der Waals surface area contributed by atoms with Gasteiger partial charge in [-0.1, -0.05) is 36.4 Å². The number of rotatable bonds is 2. The second-order valence-electron chi connectivity index (χ2n) is 4.18. The van der Waals surface area contributed by atoms with Gasteiger partial charge < -0.3 is 5.11 Å². The highest BCUT2D eigenvalue weighted by Crippen LogP contribution is 2.22. The monoisotopic (exact) mass is 248 g/mol. The highest BCUT2D eigenvalue weighted by molar-refractivity contribution is 5.89. The van der Waals surface area contributed by atoms with Crippen molar-refractivity contribution in [3.8, 4) is 5.75 Å². The smallest absolute Gasteiger partial charge is 0.141 e. The highest BCUT2D eigenvalue weighted by atomic mass is 16.3. The number of pyridine rings is 1. The summed E-state index contributed by atoms with van der Waals surface area (Å²) in [5.41, 5.74) is 2.19. The lowest BCUT2D eigenvalue weighted by Gasteiger charge is -2.00. The van der Waals surface area contributed by atoms with E-state index >= 15 is 0 Å². The predicted octanol–water partition coefficient (Wildman–Crippen LogP) is 3.69. The molecule has 1 N–H and O–H groups in total. The van der Waals surface area contributed by atoms with Crippen molar-refractivity contribution in [3.63, 3.8) is 0 Å². The third kappa shape index (κ3) is 2.45. The van der Waals surface area contributed by atoms with E-state index in [-0.39, 0.29) is 5.75 Å². The van der Waals surface area contributed by atoms with Gasteiger partial charge in [-0.25, -0.2) is 4.98 Å². The van der Waals surface area contributed by atoms with Crippen LogP contribution < -0.4 is 0 Å². The van der Waals surface area contributed by atoms with E-state index in [2.05, 4.69) is 9.98 Å². The van der Waals surface area contributed by atoms with Gasteiger partial charge in [0.25, 0.3) is 0 Å². The minimum Gasteiger partial charge on any atom is -0.506 e. The van der Waals surface area contributed by atoms with Crippen molar-refractivity contribution in [2.75, 3.05) is 0 Å². The van der Waals surface area contributed by atoms with Crippen molar-refractivity contribution in [2.24, 2.45) is 4.99 Å². The number of phenols is 1. The molecule has 19 heavy (non-hydrogen) atoms. The average molecular weight is 248 g/mol. The molecular weight excluding hydrogens is 236 g/mol. The second-order valence-corrected chi connectivity index (χ2v) is 4.18. The van der Waals surface area contributed by atoms with Gasteiger partial charge in [0, 0.05) is 5.39 Å². The molecule has 3 heteroatoms. The van der Waals surface area contributed by atoms with Crippen LogP contribution in [0.3, 0.4) is 0 Å². The molecule has 2 aromatic carbocycles. The Kier molecular flexibility index (Phi) is 2.94. The van der Waals surface area contributed by atoms with Crippen molar-refractivity contribution in [1.82, 2.24) is 4.98 Å². The Morgan fingerprint density at radius 3 is 2.58 bits per heavy atom. The number of hydrogen-bond donors (Lipinski definition) is 1. The fourth-order valence-corrected chi connectivity index (χ4v) is 1.87. The number of hydrogen-bond acceptors (Lipinski definition) is 3. The Balaban J connectivity index is 1.98. The summed E-state index contributed by atoms with van der Waals surface area (Å²) >= 11 is 0. The van der Waals surface area contributed by atoms with Crippen LogP contribution >= 0.6 is 0 Å². The van der Waals surface area contributed by atoms with E-state index in [1.807, 2.05) is 48.5 Å². The van der Waals surface area contributed by atoms with Crippen molar-refractivity contribution in [1.29, 1.82) is 0 Å². The normalized spacial score (nSPS) is 11.2. The van der Waals surface area contributed by atoms with Crippen molar-refractivity contribution in [3.05, 3.63) is 66.4 Å². The predicted molar refractivity (Wildman–Crippen MR) is 77.1 cm³/mol. The zero-order chi connectivity index (χ0) is 13.1. The maximum atomic E-state index is 9.77. The van der Waals surface area contributed by atoms with Gasteiger partial charge in [-0.2, -0.15) is 0 Å². The first kappa shape index (κ1) is 11.4. The molecule has 1 heterocycles. The van der Waals surface area contributed by atoms with Crippen LogP contribution in [-0.4, -0.2) is 16.3 Å². The van der Waals surface area contributed by atoms with Crippen LogP contribution in [0.4, 0.5) is 5.69 Å². The van der Waals surface area contributed by atoms with Crippen LogP contribution in [0.25, 0.3) is 10.9 Å². The third-order valence-corrected chi connectivity index (χ3v) is 2.82. The van der Waals surface area contributed by atoms with Gasteiger partial charge >= 0.3 is 0 Å². The Morgan fingerprint density at radius 1 is 0.895 bits per heavy atom. The zero-order valence-corrected chi connectivity index (χ0v) is 10.2. The summed E-state index contributed by atoms with van der Waals surface area (Å²) in [5, 5.41) is 10.7. The minimum atomic E-state index is 0.187. The standard InChI is InChI=1S/C16H12N2O/c19-15-8-4-5-12-9-10-14(18-16(12)15)11-17-13-6-2-1-3-7-13/h1-11,19H/b17-11+. The van der Waals surface area contributed by atoms with Gasteiger partial charge in [0.15, 0.2) is 0 Å².